The van der Waals surface area contributed by atoms with Crippen LogP contribution < -0.4 is 5.32 Å². The quantitative estimate of drug-likeness (QED) is 0.716. The Kier molecular flexibility index (Phi) is 5.24. The van der Waals surface area contributed by atoms with Gasteiger partial charge in [0.25, 0.3) is 11.9 Å². The number of hydrogen-bond donors (Lipinski definition) is 1. The molecule has 1 amide bonds. The zero-order valence-electron chi connectivity index (χ0n) is 15.9. The number of fused-ring (bicyclic) bond motifs is 1. The Bertz CT molecular complexity index is 984. The van der Waals surface area contributed by atoms with Gasteiger partial charge in [-0.3, -0.25) is 4.79 Å². The first-order valence-corrected chi connectivity index (χ1v) is 9.66. The van der Waals surface area contributed by atoms with Crippen LogP contribution in [0.5, 0.6) is 0 Å². The number of halogens is 1. The van der Waals surface area contributed by atoms with Gasteiger partial charge in [0.2, 0.25) is 0 Å². The predicted molar refractivity (Wildman–Crippen MR) is 109 cm³/mol. The van der Waals surface area contributed by atoms with Crippen LogP contribution in [0.1, 0.15) is 21.5 Å². The number of anilines is 1. The number of para-hydroxylation sites is 2. The van der Waals surface area contributed by atoms with E-state index in [0.29, 0.717) is 42.8 Å². The van der Waals surface area contributed by atoms with Crippen LogP contribution in [0.25, 0.3) is 11.1 Å². The maximum Gasteiger partial charge on any atom is 0.295 e. The minimum absolute atomic E-state index is 0.00688. The molecule has 1 atom stereocenters. The van der Waals surface area contributed by atoms with Gasteiger partial charge in [0.15, 0.2) is 5.58 Å². The highest BCUT2D eigenvalue weighted by Gasteiger charge is 2.26. The Labute approximate surface area is 168 Å². The second-order valence-electron chi connectivity index (χ2n) is 7.03. The summed E-state index contributed by atoms with van der Waals surface area (Å²) in [5.74, 6) is 0.00688. The highest BCUT2D eigenvalue weighted by Crippen LogP contribution is 2.23. The molecule has 0 spiro atoms. The number of nitrogens with one attached hydrogen (secondary N) is 1. The number of hydrogen-bond acceptors (Lipinski definition) is 5. The van der Waals surface area contributed by atoms with Gasteiger partial charge in [-0.1, -0.05) is 23.7 Å². The number of ether oxygens (including phenoxy) is 1. The number of carbonyl (C=O) groups is 1. The van der Waals surface area contributed by atoms with Crippen molar-refractivity contribution in [2.75, 3.05) is 31.6 Å². The summed E-state index contributed by atoms with van der Waals surface area (Å²) in [6, 6.07) is 11.8. The molecule has 1 unspecified atom stereocenters. The first-order chi connectivity index (χ1) is 13.5. The molecule has 1 aliphatic heterocycles. The topological polar surface area (TPSA) is 67.6 Å². The summed E-state index contributed by atoms with van der Waals surface area (Å²) in [6.07, 6.45) is -0.138. The Morgan fingerprint density at radius 1 is 1.29 bits per heavy atom. The van der Waals surface area contributed by atoms with Crippen LogP contribution in [0.15, 0.2) is 40.8 Å². The Hall–Kier alpha value is -2.57. The molecule has 1 fully saturated rings. The van der Waals surface area contributed by atoms with Crippen molar-refractivity contribution >= 4 is 34.6 Å². The van der Waals surface area contributed by atoms with Crippen LogP contribution in [0, 0.1) is 13.8 Å². The summed E-state index contributed by atoms with van der Waals surface area (Å²) >= 11 is 6.16. The molecule has 6 nitrogen and oxygen atoms in total. The molecule has 0 saturated carbocycles. The molecule has 1 aliphatic rings. The molecule has 1 aromatic heterocycles. The summed E-state index contributed by atoms with van der Waals surface area (Å²) in [6.45, 7) is 5.90. The van der Waals surface area contributed by atoms with E-state index in [1.54, 1.807) is 0 Å². The lowest BCUT2D eigenvalue weighted by Crippen LogP contribution is -2.48. The first-order valence-electron chi connectivity index (χ1n) is 9.28. The second kappa shape index (κ2) is 7.81. The van der Waals surface area contributed by atoms with E-state index in [4.69, 9.17) is 20.8 Å². The van der Waals surface area contributed by atoms with Crippen molar-refractivity contribution in [3.63, 3.8) is 0 Å². The van der Waals surface area contributed by atoms with Crippen LogP contribution in [0.4, 0.5) is 6.01 Å². The maximum atomic E-state index is 13.0. The molecule has 1 saturated heterocycles. The van der Waals surface area contributed by atoms with E-state index in [9.17, 15) is 4.79 Å². The van der Waals surface area contributed by atoms with E-state index in [0.717, 1.165) is 22.2 Å². The average molecular weight is 400 g/mol. The third-order valence-corrected chi connectivity index (χ3v) is 5.34. The molecule has 0 radical (unpaired) electrons. The molecule has 4 rings (SSSR count). The van der Waals surface area contributed by atoms with Crippen molar-refractivity contribution in [3.05, 3.63) is 58.1 Å². The lowest BCUT2D eigenvalue weighted by Gasteiger charge is -2.33. The van der Waals surface area contributed by atoms with Gasteiger partial charge in [-0.25, -0.2) is 0 Å². The fraction of sp³-hybridized carbons (Fsp3) is 0.333. The van der Waals surface area contributed by atoms with Crippen LogP contribution >= 0.6 is 11.6 Å². The number of aryl methyl sites for hydroxylation is 2. The summed E-state index contributed by atoms with van der Waals surface area (Å²) in [5, 5.41) is 3.85. The van der Waals surface area contributed by atoms with Gasteiger partial charge in [0, 0.05) is 30.2 Å². The molecule has 7 heteroatoms. The van der Waals surface area contributed by atoms with Gasteiger partial charge >= 0.3 is 0 Å². The molecule has 0 aliphatic carbocycles. The monoisotopic (exact) mass is 399 g/mol. The zero-order chi connectivity index (χ0) is 19.7. The molecule has 1 N–H and O–H groups in total. The number of amides is 1. The Morgan fingerprint density at radius 2 is 2.11 bits per heavy atom. The number of morpholine rings is 1. The van der Waals surface area contributed by atoms with E-state index < -0.39 is 0 Å². The van der Waals surface area contributed by atoms with Crippen molar-refractivity contribution < 1.29 is 13.9 Å². The number of nitrogens with zero attached hydrogens (tertiary/aromatic N) is 2. The molecule has 28 heavy (non-hydrogen) atoms. The minimum Gasteiger partial charge on any atom is -0.424 e. The van der Waals surface area contributed by atoms with E-state index in [1.807, 2.05) is 55.1 Å². The van der Waals surface area contributed by atoms with Crippen molar-refractivity contribution in [3.8, 4) is 0 Å². The maximum absolute atomic E-state index is 13.0. The zero-order valence-corrected chi connectivity index (χ0v) is 16.6. The Balaban J connectivity index is 1.41. The molecule has 0 bridgehead atoms. The number of benzene rings is 2. The van der Waals surface area contributed by atoms with E-state index in [2.05, 4.69) is 10.3 Å². The molecule has 2 aromatic carbocycles. The van der Waals surface area contributed by atoms with E-state index in [-0.39, 0.29) is 12.0 Å². The highest BCUT2D eigenvalue weighted by molar-refractivity contribution is 6.31. The third-order valence-electron chi connectivity index (χ3n) is 4.94. The van der Waals surface area contributed by atoms with Crippen LogP contribution in [0.2, 0.25) is 5.02 Å². The largest absolute Gasteiger partial charge is 0.424 e. The van der Waals surface area contributed by atoms with Gasteiger partial charge in [-0.05, 0) is 49.2 Å². The third kappa shape index (κ3) is 3.84. The van der Waals surface area contributed by atoms with Crippen LogP contribution in [0.3, 0.4) is 0 Å². The van der Waals surface area contributed by atoms with E-state index in [1.165, 1.54) is 0 Å². The summed E-state index contributed by atoms with van der Waals surface area (Å²) in [4.78, 5) is 19.2. The Morgan fingerprint density at radius 3 is 2.93 bits per heavy atom. The van der Waals surface area contributed by atoms with Gasteiger partial charge in [0.1, 0.15) is 5.52 Å². The lowest BCUT2D eigenvalue weighted by molar-refractivity contribution is -0.0151. The van der Waals surface area contributed by atoms with Crippen molar-refractivity contribution in [2.24, 2.45) is 0 Å². The molecule has 3 aromatic rings. The number of aromatic nitrogens is 1. The number of carbonyl (C=O) groups excluding carboxylic acids is 1. The van der Waals surface area contributed by atoms with Gasteiger partial charge < -0.3 is 19.4 Å². The SMILES string of the molecule is Cc1cc(C(=O)N2CCOC(CNc3nc4ccccc4o3)C2)c(C)cc1Cl. The number of rotatable bonds is 4. The molecular formula is C21H22ClN3O3. The first kappa shape index (κ1) is 18.8. The minimum atomic E-state index is -0.138. The van der Waals surface area contributed by atoms with Crippen molar-refractivity contribution in [2.45, 2.75) is 20.0 Å². The standard InChI is InChI=1S/C21H22ClN3O3/c1-13-10-17(22)14(2)9-16(13)20(26)25-7-8-27-15(12-25)11-23-21-24-18-5-3-4-6-19(18)28-21/h3-6,9-10,15H,7-8,11-12H2,1-2H3,(H,23,24). The fourth-order valence-electron chi connectivity index (χ4n) is 3.36. The smallest absolute Gasteiger partial charge is 0.295 e. The van der Waals surface area contributed by atoms with Crippen LogP contribution in [-0.4, -0.2) is 48.1 Å². The summed E-state index contributed by atoms with van der Waals surface area (Å²) < 4.78 is 11.5. The number of oxazole rings is 1. The highest BCUT2D eigenvalue weighted by atomic mass is 35.5. The molecule has 146 valence electrons. The summed E-state index contributed by atoms with van der Waals surface area (Å²) in [5.41, 5.74) is 4.01. The van der Waals surface area contributed by atoms with Gasteiger partial charge in [-0.15, -0.1) is 0 Å². The van der Waals surface area contributed by atoms with Crippen molar-refractivity contribution in [1.29, 1.82) is 0 Å². The van der Waals surface area contributed by atoms with E-state index >= 15 is 0 Å². The molecular weight excluding hydrogens is 378 g/mol. The lowest BCUT2D eigenvalue weighted by atomic mass is 10.0. The van der Waals surface area contributed by atoms with Crippen molar-refractivity contribution in [1.82, 2.24) is 9.88 Å². The second-order valence-corrected chi connectivity index (χ2v) is 7.44. The molecule has 2 heterocycles. The summed E-state index contributed by atoms with van der Waals surface area (Å²) in [7, 11) is 0. The normalized spacial score (nSPS) is 17.1. The fourth-order valence-corrected chi connectivity index (χ4v) is 3.58. The van der Waals surface area contributed by atoms with Crippen LogP contribution in [-0.2, 0) is 4.74 Å². The average Bonchev–Trinajstić information content (AvgIpc) is 3.12. The predicted octanol–water partition coefficient (Wildman–Crippen LogP) is 4.05. The van der Waals surface area contributed by atoms with Gasteiger partial charge in [0.05, 0.1) is 12.7 Å². The van der Waals surface area contributed by atoms with Gasteiger partial charge in [-0.2, -0.15) is 4.98 Å².